The molecule has 0 aliphatic carbocycles. The summed E-state index contributed by atoms with van der Waals surface area (Å²) < 4.78 is 0. The van der Waals surface area contributed by atoms with Crippen LogP contribution in [0, 0.1) is 5.41 Å². The van der Waals surface area contributed by atoms with E-state index in [1.54, 1.807) is 0 Å². The standard InChI is InChI=1S/C7H15NO2/c1-7(2,3)5-8-4-6(9)10/h8H,4-5H2,1-3H3,(H,9,10). The summed E-state index contributed by atoms with van der Waals surface area (Å²) in [6.07, 6.45) is 0. The molecule has 0 spiro atoms. The van der Waals surface area contributed by atoms with Gasteiger partial charge in [0.25, 0.3) is 0 Å². The third-order valence-electron chi connectivity index (χ3n) is 0.932. The molecule has 0 aromatic carbocycles. The van der Waals surface area contributed by atoms with Gasteiger partial charge in [-0.2, -0.15) is 0 Å². The highest BCUT2D eigenvalue weighted by molar-refractivity contribution is 5.68. The minimum atomic E-state index is -0.802. The van der Waals surface area contributed by atoms with Crippen LogP contribution in [0.3, 0.4) is 0 Å². The van der Waals surface area contributed by atoms with Crippen LogP contribution in [0.5, 0.6) is 0 Å². The lowest BCUT2D eigenvalue weighted by Gasteiger charge is -2.17. The fourth-order valence-corrected chi connectivity index (χ4v) is 0.544. The molecule has 0 saturated heterocycles. The lowest BCUT2D eigenvalue weighted by atomic mass is 9.97. The zero-order valence-corrected chi connectivity index (χ0v) is 6.77. The summed E-state index contributed by atoms with van der Waals surface area (Å²) in [5, 5.41) is 11.1. The molecule has 2 N–H and O–H groups in total. The van der Waals surface area contributed by atoms with Gasteiger partial charge in [-0.25, -0.2) is 0 Å². The summed E-state index contributed by atoms with van der Waals surface area (Å²) in [6, 6.07) is 0. The van der Waals surface area contributed by atoms with Gasteiger partial charge in [-0.15, -0.1) is 0 Å². The number of carboxylic acid groups (broad SMARTS) is 1. The van der Waals surface area contributed by atoms with Crippen molar-refractivity contribution >= 4 is 5.97 Å². The molecular formula is C7H15NO2. The lowest BCUT2D eigenvalue weighted by Crippen LogP contribution is -2.31. The molecule has 0 aromatic rings. The van der Waals surface area contributed by atoms with E-state index in [2.05, 4.69) is 26.1 Å². The van der Waals surface area contributed by atoms with Crippen molar-refractivity contribution in [3.63, 3.8) is 0 Å². The highest BCUT2D eigenvalue weighted by atomic mass is 16.4. The summed E-state index contributed by atoms with van der Waals surface area (Å²) in [6.45, 7) is 6.96. The van der Waals surface area contributed by atoms with Gasteiger partial charge in [0, 0.05) is 6.54 Å². The Balaban J connectivity index is 3.29. The summed E-state index contributed by atoms with van der Waals surface area (Å²) in [5.74, 6) is -0.802. The van der Waals surface area contributed by atoms with Crippen molar-refractivity contribution in [2.75, 3.05) is 13.1 Å². The summed E-state index contributed by atoms with van der Waals surface area (Å²) in [4.78, 5) is 10.0. The largest absolute Gasteiger partial charge is 0.480 e. The van der Waals surface area contributed by atoms with Crippen molar-refractivity contribution in [3.05, 3.63) is 0 Å². The molecule has 0 unspecified atom stereocenters. The minimum Gasteiger partial charge on any atom is -0.480 e. The number of carbonyl (C=O) groups is 1. The van der Waals surface area contributed by atoms with Crippen LogP contribution in [-0.4, -0.2) is 24.2 Å². The first kappa shape index (κ1) is 9.43. The first-order chi connectivity index (χ1) is 4.42. The number of nitrogens with one attached hydrogen (secondary N) is 1. The molecule has 0 fully saturated rings. The Bertz CT molecular complexity index is 115. The average molecular weight is 145 g/mol. The van der Waals surface area contributed by atoms with Crippen molar-refractivity contribution in [1.82, 2.24) is 5.32 Å². The maximum Gasteiger partial charge on any atom is 0.317 e. The Morgan fingerprint density at radius 1 is 1.50 bits per heavy atom. The summed E-state index contributed by atoms with van der Waals surface area (Å²) in [7, 11) is 0. The number of carboxylic acids is 1. The molecule has 0 bridgehead atoms. The quantitative estimate of drug-likeness (QED) is 0.614. The SMILES string of the molecule is CC(C)(C)CNCC(=O)O. The van der Waals surface area contributed by atoms with Gasteiger partial charge in [0.05, 0.1) is 6.54 Å². The van der Waals surface area contributed by atoms with Gasteiger partial charge in [-0.3, -0.25) is 4.79 Å². The van der Waals surface area contributed by atoms with Crippen molar-refractivity contribution in [2.24, 2.45) is 5.41 Å². The zero-order valence-electron chi connectivity index (χ0n) is 6.77. The predicted octanol–water partition coefficient (Wildman–Crippen LogP) is 0.707. The van der Waals surface area contributed by atoms with Gasteiger partial charge in [0.2, 0.25) is 0 Å². The van der Waals surface area contributed by atoms with Crippen LogP contribution < -0.4 is 5.32 Å². The van der Waals surface area contributed by atoms with Crippen LogP contribution in [0.15, 0.2) is 0 Å². The Hall–Kier alpha value is -0.570. The molecule has 3 heteroatoms. The first-order valence-corrected chi connectivity index (χ1v) is 3.34. The van der Waals surface area contributed by atoms with Crippen molar-refractivity contribution in [3.8, 4) is 0 Å². The second kappa shape index (κ2) is 3.56. The normalized spacial score (nSPS) is 11.5. The molecule has 0 radical (unpaired) electrons. The highest BCUT2D eigenvalue weighted by Gasteiger charge is 2.09. The van der Waals surface area contributed by atoms with Gasteiger partial charge in [-0.1, -0.05) is 20.8 Å². The molecule has 0 atom stereocenters. The fraction of sp³-hybridized carbons (Fsp3) is 0.857. The zero-order chi connectivity index (χ0) is 8.20. The van der Waals surface area contributed by atoms with Gasteiger partial charge in [-0.05, 0) is 5.41 Å². The molecule has 60 valence electrons. The average Bonchev–Trinajstić information content (AvgIpc) is 1.59. The van der Waals surface area contributed by atoms with E-state index in [1.165, 1.54) is 0 Å². The van der Waals surface area contributed by atoms with Crippen molar-refractivity contribution in [2.45, 2.75) is 20.8 Å². The van der Waals surface area contributed by atoms with Crippen molar-refractivity contribution < 1.29 is 9.90 Å². The Kier molecular flexibility index (Phi) is 3.36. The number of hydrogen-bond acceptors (Lipinski definition) is 2. The van der Waals surface area contributed by atoms with Crippen LogP contribution in [-0.2, 0) is 4.79 Å². The number of hydrogen-bond donors (Lipinski definition) is 2. The maximum absolute atomic E-state index is 10.0. The topological polar surface area (TPSA) is 49.3 Å². The molecule has 0 rings (SSSR count). The summed E-state index contributed by atoms with van der Waals surface area (Å²) in [5.41, 5.74) is 0.162. The second-order valence-electron chi connectivity index (χ2n) is 3.56. The molecule has 0 saturated carbocycles. The molecule has 10 heavy (non-hydrogen) atoms. The predicted molar refractivity (Wildman–Crippen MR) is 40.0 cm³/mol. The van der Waals surface area contributed by atoms with Gasteiger partial charge >= 0.3 is 5.97 Å². The third-order valence-corrected chi connectivity index (χ3v) is 0.932. The summed E-state index contributed by atoms with van der Waals surface area (Å²) >= 11 is 0. The van der Waals surface area contributed by atoms with Crippen LogP contribution in [0.25, 0.3) is 0 Å². The lowest BCUT2D eigenvalue weighted by molar-refractivity contribution is -0.136. The molecule has 3 nitrogen and oxygen atoms in total. The van der Waals surface area contributed by atoms with Gasteiger partial charge in [0.1, 0.15) is 0 Å². The van der Waals surface area contributed by atoms with E-state index in [0.717, 1.165) is 6.54 Å². The van der Waals surface area contributed by atoms with E-state index in [-0.39, 0.29) is 12.0 Å². The van der Waals surface area contributed by atoms with Gasteiger partial charge in [0.15, 0.2) is 0 Å². The number of aliphatic carboxylic acids is 1. The van der Waals surface area contributed by atoms with Gasteiger partial charge < -0.3 is 10.4 Å². The molecule has 0 aliphatic heterocycles. The van der Waals surface area contributed by atoms with Crippen LogP contribution in [0.2, 0.25) is 0 Å². The highest BCUT2D eigenvalue weighted by Crippen LogP contribution is 2.09. The van der Waals surface area contributed by atoms with E-state index in [0.29, 0.717) is 0 Å². The first-order valence-electron chi connectivity index (χ1n) is 3.34. The smallest absolute Gasteiger partial charge is 0.317 e. The maximum atomic E-state index is 10.0. The van der Waals surface area contributed by atoms with E-state index in [9.17, 15) is 4.79 Å². The van der Waals surface area contributed by atoms with E-state index < -0.39 is 5.97 Å². The second-order valence-corrected chi connectivity index (χ2v) is 3.56. The molecule has 0 amide bonds. The number of rotatable bonds is 3. The van der Waals surface area contributed by atoms with Crippen LogP contribution in [0.1, 0.15) is 20.8 Å². The fourth-order valence-electron chi connectivity index (χ4n) is 0.544. The third kappa shape index (κ3) is 7.43. The Morgan fingerprint density at radius 3 is 2.30 bits per heavy atom. The Morgan fingerprint density at radius 2 is 2.00 bits per heavy atom. The Labute approximate surface area is 61.4 Å². The van der Waals surface area contributed by atoms with E-state index in [1.807, 2.05) is 0 Å². The van der Waals surface area contributed by atoms with Crippen LogP contribution >= 0.6 is 0 Å². The molecule has 0 aromatic heterocycles. The van der Waals surface area contributed by atoms with E-state index in [4.69, 9.17) is 5.11 Å². The molecule has 0 aliphatic rings. The van der Waals surface area contributed by atoms with Crippen LogP contribution in [0.4, 0.5) is 0 Å². The van der Waals surface area contributed by atoms with Crippen molar-refractivity contribution in [1.29, 1.82) is 0 Å². The van der Waals surface area contributed by atoms with E-state index >= 15 is 0 Å². The molecular weight excluding hydrogens is 130 g/mol. The molecule has 0 heterocycles. The monoisotopic (exact) mass is 145 g/mol. The minimum absolute atomic E-state index is 0.0528.